The molecule has 1 aromatic carbocycles. The Hall–Kier alpha value is -0.800. The fourth-order valence-corrected chi connectivity index (χ4v) is 2.66. The lowest BCUT2D eigenvalue weighted by molar-refractivity contribution is 0.372. The molecule has 132 valence electrons. The highest BCUT2D eigenvalue weighted by Crippen LogP contribution is 2.21. The number of nitrogens with zero attached hydrogens (tertiary/aromatic N) is 2. The third kappa shape index (κ3) is 6.25. The van der Waals surface area contributed by atoms with Crippen molar-refractivity contribution in [3.63, 3.8) is 0 Å². The Balaban J connectivity index is 0.00000288. The molecule has 8 heteroatoms. The molecule has 0 aliphatic rings. The minimum absolute atomic E-state index is 0. The predicted molar refractivity (Wildman–Crippen MR) is 112 cm³/mol. The van der Waals surface area contributed by atoms with Crippen LogP contribution >= 0.6 is 51.5 Å². The summed E-state index contributed by atoms with van der Waals surface area (Å²) in [5.41, 5.74) is 1.95. The average Bonchev–Trinajstić information content (AvgIpc) is 2.98. The quantitative estimate of drug-likeness (QED) is 0.336. The van der Waals surface area contributed by atoms with E-state index in [0.717, 1.165) is 21.5 Å². The van der Waals surface area contributed by atoms with Crippen molar-refractivity contribution in [2.24, 2.45) is 4.99 Å². The number of aromatic nitrogens is 1. The first-order valence-corrected chi connectivity index (χ1v) is 8.50. The molecule has 5 nitrogen and oxygen atoms in total. The molecule has 0 unspecified atom stereocenters. The Morgan fingerprint density at radius 2 is 2.00 bits per heavy atom. The summed E-state index contributed by atoms with van der Waals surface area (Å²) in [5.74, 6) is 1.80. The van der Waals surface area contributed by atoms with E-state index in [4.69, 9.17) is 16.1 Å². The van der Waals surface area contributed by atoms with E-state index in [1.165, 1.54) is 0 Å². The second kappa shape index (κ2) is 10.2. The molecule has 24 heavy (non-hydrogen) atoms. The zero-order valence-electron chi connectivity index (χ0n) is 13.8. The van der Waals surface area contributed by atoms with Crippen LogP contribution in [0.4, 0.5) is 0 Å². The van der Waals surface area contributed by atoms with Crippen LogP contribution in [-0.4, -0.2) is 18.2 Å². The van der Waals surface area contributed by atoms with Crippen LogP contribution in [0.5, 0.6) is 0 Å². The zero-order valence-corrected chi connectivity index (χ0v) is 18.4. The lowest BCUT2D eigenvalue weighted by Crippen LogP contribution is -2.36. The van der Waals surface area contributed by atoms with E-state index in [1.807, 2.05) is 24.3 Å². The number of rotatable bonds is 5. The van der Waals surface area contributed by atoms with Gasteiger partial charge in [0.15, 0.2) is 11.7 Å². The van der Waals surface area contributed by atoms with Crippen LogP contribution in [0.3, 0.4) is 0 Å². The maximum atomic E-state index is 6.21. The van der Waals surface area contributed by atoms with Gasteiger partial charge in [-0.2, -0.15) is 0 Å². The third-order valence-electron chi connectivity index (χ3n) is 3.28. The highest BCUT2D eigenvalue weighted by molar-refractivity contribution is 14.0. The Morgan fingerprint density at radius 1 is 1.29 bits per heavy atom. The Labute approximate surface area is 172 Å². The van der Waals surface area contributed by atoms with E-state index < -0.39 is 0 Å². The summed E-state index contributed by atoms with van der Waals surface area (Å²) in [5, 5.41) is 11.2. The summed E-state index contributed by atoms with van der Waals surface area (Å²) in [4.78, 5) is 4.19. The molecule has 1 heterocycles. The van der Waals surface area contributed by atoms with E-state index in [9.17, 15) is 0 Å². The molecule has 0 aliphatic heterocycles. The van der Waals surface area contributed by atoms with Gasteiger partial charge in [0.25, 0.3) is 0 Å². The fourth-order valence-electron chi connectivity index (χ4n) is 1.92. The molecule has 2 aromatic rings. The molecule has 1 aromatic heterocycles. The largest absolute Gasteiger partial charge is 0.359 e. The van der Waals surface area contributed by atoms with Gasteiger partial charge in [-0.25, -0.2) is 0 Å². The van der Waals surface area contributed by atoms with Crippen LogP contribution in [0, 0.1) is 0 Å². The summed E-state index contributed by atoms with van der Waals surface area (Å²) in [7, 11) is 1.72. The van der Waals surface area contributed by atoms with Crippen molar-refractivity contribution in [1.82, 2.24) is 15.8 Å². The molecule has 0 radical (unpaired) electrons. The van der Waals surface area contributed by atoms with Gasteiger partial charge in [0, 0.05) is 29.2 Å². The lowest BCUT2D eigenvalue weighted by Gasteiger charge is -2.11. The van der Waals surface area contributed by atoms with Crippen molar-refractivity contribution in [3.05, 3.63) is 50.8 Å². The predicted octanol–water partition coefficient (Wildman–Crippen LogP) is 4.70. The van der Waals surface area contributed by atoms with E-state index in [2.05, 4.69) is 50.6 Å². The maximum absolute atomic E-state index is 6.21. The standard InChI is InChI=1S/C16H20BrClN4O.HI/c1-10(2)15-7-13(23-22-15)9-21-16(19-3)20-8-11-4-5-12(17)6-14(11)18;/h4-7,10H,8-9H2,1-3H3,(H2,19,20,21);1H. The highest BCUT2D eigenvalue weighted by Gasteiger charge is 2.08. The number of nitrogens with one attached hydrogen (secondary N) is 2. The first kappa shape index (κ1) is 21.2. The molecule has 0 atom stereocenters. The topological polar surface area (TPSA) is 62.5 Å². The zero-order chi connectivity index (χ0) is 16.8. The van der Waals surface area contributed by atoms with E-state index in [1.54, 1.807) is 7.05 Å². The molecule has 0 spiro atoms. The highest BCUT2D eigenvalue weighted by atomic mass is 127. The normalized spacial score (nSPS) is 11.3. The molecule has 0 fully saturated rings. The van der Waals surface area contributed by atoms with Crippen molar-refractivity contribution in [2.45, 2.75) is 32.9 Å². The van der Waals surface area contributed by atoms with Crippen molar-refractivity contribution in [3.8, 4) is 0 Å². The minimum atomic E-state index is 0. The van der Waals surface area contributed by atoms with Crippen molar-refractivity contribution < 1.29 is 4.52 Å². The van der Waals surface area contributed by atoms with E-state index >= 15 is 0 Å². The number of benzene rings is 1. The van der Waals surface area contributed by atoms with Gasteiger partial charge in [-0.05, 0) is 23.6 Å². The first-order valence-electron chi connectivity index (χ1n) is 7.33. The molecule has 0 amide bonds. The molecular formula is C16H21BrClIN4O. The van der Waals surface area contributed by atoms with E-state index in [0.29, 0.717) is 30.0 Å². The van der Waals surface area contributed by atoms with Crippen LogP contribution in [0.25, 0.3) is 0 Å². The van der Waals surface area contributed by atoms with Crippen molar-refractivity contribution in [1.29, 1.82) is 0 Å². The molecular weight excluding hydrogens is 506 g/mol. The number of halogens is 3. The Bertz CT molecular complexity index is 690. The van der Waals surface area contributed by atoms with Gasteiger partial charge in [-0.3, -0.25) is 4.99 Å². The van der Waals surface area contributed by atoms with Gasteiger partial charge in [0.2, 0.25) is 0 Å². The molecule has 0 saturated heterocycles. The second-order valence-corrected chi connectivity index (χ2v) is 6.71. The Kier molecular flexibility index (Phi) is 9.07. The summed E-state index contributed by atoms with van der Waals surface area (Å²) < 4.78 is 6.25. The van der Waals surface area contributed by atoms with Crippen LogP contribution in [0.1, 0.15) is 36.8 Å². The average molecular weight is 528 g/mol. The van der Waals surface area contributed by atoms with Crippen LogP contribution in [0.15, 0.2) is 38.3 Å². The fraction of sp³-hybridized carbons (Fsp3) is 0.375. The summed E-state index contributed by atoms with van der Waals surface area (Å²) in [6.45, 7) is 5.27. The van der Waals surface area contributed by atoms with Gasteiger partial charge >= 0.3 is 0 Å². The van der Waals surface area contributed by atoms with Gasteiger partial charge in [-0.15, -0.1) is 24.0 Å². The molecule has 0 bridgehead atoms. The van der Waals surface area contributed by atoms with Crippen molar-refractivity contribution >= 4 is 57.5 Å². The van der Waals surface area contributed by atoms with Crippen LogP contribution in [0.2, 0.25) is 5.02 Å². The molecule has 0 saturated carbocycles. The number of hydrogen-bond acceptors (Lipinski definition) is 3. The summed E-state index contributed by atoms with van der Waals surface area (Å²) >= 11 is 9.60. The van der Waals surface area contributed by atoms with Gasteiger partial charge in [0.1, 0.15) is 0 Å². The molecule has 0 aliphatic carbocycles. The van der Waals surface area contributed by atoms with Crippen LogP contribution < -0.4 is 10.6 Å². The second-order valence-electron chi connectivity index (χ2n) is 5.39. The van der Waals surface area contributed by atoms with Gasteiger partial charge in [-0.1, -0.05) is 52.6 Å². The summed E-state index contributed by atoms with van der Waals surface area (Å²) in [6, 6.07) is 7.76. The molecule has 2 N–H and O–H groups in total. The van der Waals surface area contributed by atoms with Crippen molar-refractivity contribution in [2.75, 3.05) is 7.05 Å². The van der Waals surface area contributed by atoms with Crippen LogP contribution in [-0.2, 0) is 13.1 Å². The Morgan fingerprint density at radius 3 is 2.58 bits per heavy atom. The lowest BCUT2D eigenvalue weighted by atomic mass is 10.1. The minimum Gasteiger partial charge on any atom is -0.359 e. The molecule has 2 rings (SSSR count). The number of aliphatic imine (C=N–C) groups is 1. The van der Waals surface area contributed by atoms with Gasteiger partial charge < -0.3 is 15.2 Å². The van der Waals surface area contributed by atoms with Gasteiger partial charge in [0.05, 0.1) is 12.2 Å². The SMILES string of the molecule is CN=C(NCc1cc(C(C)C)no1)NCc1ccc(Br)cc1Cl.I. The first-order chi connectivity index (χ1) is 11.0. The monoisotopic (exact) mass is 526 g/mol. The number of guanidine groups is 1. The number of hydrogen-bond donors (Lipinski definition) is 2. The summed E-state index contributed by atoms with van der Waals surface area (Å²) in [6.07, 6.45) is 0. The maximum Gasteiger partial charge on any atom is 0.191 e. The third-order valence-corrected chi connectivity index (χ3v) is 4.13. The smallest absolute Gasteiger partial charge is 0.191 e. The van der Waals surface area contributed by atoms with E-state index in [-0.39, 0.29) is 24.0 Å².